The van der Waals surface area contributed by atoms with Crippen molar-refractivity contribution < 1.29 is 23.5 Å². The zero-order valence-corrected chi connectivity index (χ0v) is 18.6. The number of fused-ring (bicyclic) bond motifs is 3. The Balaban J connectivity index is 1.38. The summed E-state index contributed by atoms with van der Waals surface area (Å²) >= 11 is 7.05. The molecule has 1 saturated heterocycles. The van der Waals surface area contributed by atoms with Crippen LogP contribution in [-0.2, 0) is 4.74 Å². The number of pyridine rings is 1. The summed E-state index contributed by atoms with van der Waals surface area (Å²) in [6.45, 7) is 0.421. The van der Waals surface area contributed by atoms with Crippen LogP contribution < -0.4 is 20.5 Å². The van der Waals surface area contributed by atoms with Crippen LogP contribution in [0.2, 0.25) is 4.34 Å². The van der Waals surface area contributed by atoms with Gasteiger partial charge in [0.15, 0.2) is 5.82 Å². The second kappa shape index (κ2) is 8.53. The third-order valence-corrected chi connectivity index (χ3v) is 6.75. The summed E-state index contributed by atoms with van der Waals surface area (Å²) in [7, 11) is 0. The van der Waals surface area contributed by atoms with Crippen molar-refractivity contribution in [3.63, 3.8) is 0 Å². The Bertz CT molecular complexity index is 1310. The standard InChI is InChI=1S/C22H17ClFN3O5S/c23-19-6-5-18(33-19)20(28)25-11-17-15-7-9-31-16-10-12(26-8-1-2-13(24)21(26)29)3-4-14(16)27(15)22(30)32-17/h1-6,8,10,15,17H,7,9,11H2,(H,25,28)/t15-,17-/m0/s1. The molecule has 0 aliphatic carbocycles. The molecule has 2 aliphatic rings. The van der Waals surface area contributed by atoms with Crippen molar-refractivity contribution in [2.75, 3.05) is 18.1 Å². The van der Waals surface area contributed by atoms with Gasteiger partial charge in [0.2, 0.25) is 0 Å². The molecule has 2 atom stereocenters. The molecule has 33 heavy (non-hydrogen) atoms. The van der Waals surface area contributed by atoms with Gasteiger partial charge in [-0.05, 0) is 36.4 Å². The largest absolute Gasteiger partial charge is 0.491 e. The number of aromatic nitrogens is 1. The molecule has 0 saturated carbocycles. The van der Waals surface area contributed by atoms with Crippen molar-refractivity contribution >= 4 is 40.6 Å². The highest BCUT2D eigenvalue weighted by Gasteiger charge is 2.45. The van der Waals surface area contributed by atoms with Gasteiger partial charge in [-0.25, -0.2) is 9.18 Å². The van der Waals surface area contributed by atoms with E-state index >= 15 is 0 Å². The van der Waals surface area contributed by atoms with E-state index in [9.17, 15) is 18.8 Å². The van der Waals surface area contributed by atoms with Gasteiger partial charge in [-0.1, -0.05) is 11.6 Å². The van der Waals surface area contributed by atoms with Crippen molar-refractivity contribution in [2.45, 2.75) is 18.6 Å². The highest BCUT2D eigenvalue weighted by Crippen LogP contribution is 2.39. The summed E-state index contributed by atoms with van der Waals surface area (Å²) in [5.74, 6) is -0.788. The van der Waals surface area contributed by atoms with E-state index in [1.807, 2.05) is 0 Å². The quantitative estimate of drug-likeness (QED) is 0.605. The van der Waals surface area contributed by atoms with Crippen LogP contribution in [0.3, 0.4) is 0 Å². The number of cyclic esters (lactones) is 1. The number of rotatable bonds is 4. The number of hydrogen-bond donors (Lipinski definition) is 1. The van der Waals surface area contributed by atoms with Crippen molar-refractivity contribution in [1.29, 1.82) is 0 Å². The van der Waals surface area contributed by atoms with Crippen LogP contribution in [0, 0.1) is 5.82 Å². The number of benzene rings is 1. The molecule has 8 nitrogen and oxygen atoms in total. The first-order chi connectivity index (χ1) is 15.9. The maximum atomic E-state index is 13.7. The summed E-state index contributed by atoms with van der Waals surface area (Å²) in [6.07, 6.45) is 0.801. The first kappa shape index (κ1) is 21.5. The third-order valence-electron chi connectivity index (χ3n) is 5.52. The predicted molar refractivity (Wildman–Crippen MR) is 120 cm³/mol. The minimum Gasteiger partial charge on any atom is -0.491 e. The van der Waals surface area contributed by atoms with Gasteiger partial charge in [-0.2, -0.15) is 0 Å². The van der Waals surface area contributed by atoms with E-state index in [0.29, 0.717) is 32.8 Å². The SMILES string of the molecule is O=C(NC[C@@H]1OC(=O)N2c3ccc(-n4cccc(F)c4=O)cc3OCC[C@@H]12)c1ccc(Cl)s1. The Labute approximate surface area is 196 Å². The lowest BCUT2D eigenvalue weighted by molar-refractivity contribution is 0.0901. The lowest BCUT2D eigenvalue weighted by Crippen LogP contribution is -2.42. The Morgan fingerprint density at radius 1 is 1.24 bits per heavy atom. The summed E-state index contributed by atoms with van der Waals surface area (Å²) in [5, 5.41) is 2.79. The monoisotopic (exact) mass is 489 g/mol. The molecule has 11 heteroatoms. The molecule has 0 unspecified atom stereocenters. The van der Waals surface area contributed by atoms with Crippen LogP contribution in [0.25, 0.3) is 5.69 Å². The van der Waals surface area contributed by atoms with Crippen molar-refractivity contribution in [2.24, 2.45) is 0 Å². The summed E-state index contributed by atoms with van der Waals surface area (Å²) < 4.78 is 26.8. The van der Waals surface area contributed by atoms with Gasteiger partial charge in [-0.15, -0.1) is 11.3 Å². The van der Waals surface area contributed by atoms with Crippen LogP contribution in [0.15, 0.2) is 53.5 Å². The van der Waals surface area contributed by atoms with Gasteiger partial charge in [-0.3, -0.25) is 19.1 Å². The van der Waals surface area contributed by atoms with Crippen molar-refractivity contribution in [3.8, 4) is 11.4 Å². The number of nitrogens with one attached hydrogen (secondary N) is 1. The zero-order chi connectivity index (χ0) is 23.1. The van der Waals surface area contributed by atoms with E-state index < -0.39 is 23.6 Å². The smallest absolute Gasteiger partial charge is 0.415 e. The van der Waals surface area contributed by atoms with E-state index in [-0.39, 0.29) is 25.1 Å². The van der Waals surface area contributed by atoms with Gasteiger partial charge in [0, 0.05) is 18.7 Å². The second-order valence-electron chi connectivity index (χ2n) is 7.49. The Morgan fingerprint density at radius 3 is 2.88 bits per heavy atom. The Kier molecular flexibility index (Phi) is 5.55. The average Bonchev–Trinajstić information content (AvgIpc) is 3.30. The van der Waals surface area contributed by atoms with E-state index in [4.69, 9.17) is 21.1 Å². The molecular formula is C22H17ClFN3O5S. The fraction of sp³-hybridized carbons (Fsp3) is 0.227. The molecule has 0 bridgehead atoms. The van der Waals surface area contributed by atoms with Crippen LogP contribution in [0.1, 0.15) is 16.1 Å². The Morgan fingerprint density at radius 2 is 2.09 bits per heavy atom. The minimum atomic E-state index is -0.869. The van der Waals surface area contributed by atoms with Crippen molar-refractivity contribution in [3.05, 3.63) is 74.0 Å². The van der Waals surface area contributed by atoms with E-state index in [2.05, 4.69) is 5.32 Å². The molecule has 1 N–H and O–H groups in total. The number of carbonyl (C=O) groups excluding carboxylic acids is 2. The molecular weight excluding hydrogens is 473 g/mol. The van der Waals surface area contributed by atoms with Crippen LogP contribution >= 0.6 is 22.9 Å². The molecule has 170 valence electrons. The first-order valence-corrected chi connectivity index (χ1v) is 11.3. The average molecular weight is 490 g/mol. The van der Waals surface area contributed by atoms with Gasteiger partial charge in [0.1, 0.15) is 11.9 Å². The number of ether oxygens (including phenoxy) is 2. The molecule has 5 rings (SSSR count). The number of halogens is 2. The lowest BCUT2D eigenvalue weighted by atomic mass is 10.1. The maximum Gasteiger partial charge on any atom is 0.415 e. The molecule has 0 radical (unpaired) electrons. The topological polar surface area (TPSA) is 89.9 Å². The molecule has 0 spiro atoms. The summed E-state index contributed by atoms with van der Waals surface area (Å²) in [6, 6.07) is 10.3. The van der Waals surface area contributed by atoms with Gasteiger partial charge >= 0.3 is 6.09 Å². The molecule has 2 aliphatic heterocycles. The van der Waals surface area contributed by atoms with Crippen LogP contribution in [-0.4, -0.2) is 41.9 Å². The highest BCUT2D eigenvalue weighted by atomic mass is 35.5. The first-order valence-electron chi connectivity index (χ1n) is 10.1. The zero-order valence-electron chi connectivity index (χ0n) is 17.0. The highest BCUT2D eigenvalue weighted by molar-refractivity contribution is 7.18. The van der Waals surface area contributed by atoms with Crippen molar-refractivity contribution in [1.82, 2.24) is 9.88 Å². The van der Waals surface area contributed by atoms with E-state index in [0.717, 1.165) is 17.4 Å². The number of anilines is 1. The summed E-state index contributed by atoms with van der Waals surface area (Å²) in [4.78, 5) is 39.2. The predicted octanol–water partition coefficient (Wildman–Crippen LogP) is 3.60. The second-order valence-corrected chi connectivity index (χ2v) is 9.21. The molecule has 1 fully saturated rings. The van der Waals surface area contributed by atoms with Gasteiger partial charge in [0.25, 0.3) is 11.5 Å². The molecule has 2 aromatic heterocycles. The molecule has 2 amide bonds. The number of amides is 2. The maximum absolute atomic E-state index is 13.7. The third kappa shape index (κ3) is 3.96. The Hall–Kier alpha value is -3.37. The normalized spacial score (nSPS) is 19.2. The van der Waals surface area contributed by atoms with E-state index in [1.165, 1.54) is 21.7 Å². The molecule has 4 heterocycles. The van der Waals surface area contributed by atoms with Crippen LogP contribution in [0.4, 0.5) is 14.9 Å². The fourth-order valence-electron chi connectivity index (χ4n) is 3.98. The number of thiophene rings is 1. The lowest BCUT2D eigenvalue weighted by Gasteiger charge is -2.22. The fourth-order valence-corrected chi connectivity index (χ4v) is 4.94. The number of hydrogen-bond acceptors (Lipinski definition) is 6. The molecule has 3 aromatic rings. The minimum absolute atomic E-state index is 0.132. The summed E-state index contributed by atoms with van der Waals surface area (Å²) in [5.41, 5.74) is 0.101. The number of nitrogens with zero attached hydrogens (tertiary/aromatic N) is 2. The van der Waals surface area contributed by atoms with Crippen LogP contribution in [0.5, 0.6) is 5.75 Å². The van der Waals surface area contributed by atoms with E-state index in [1.54, 1.807) is 30.3 Å². The number of carbonyl (C=O) groups is 2. The van der Waals surface area contributed by atoms with Gasteiger partial charge in [0.05, 0.1) is 39.8 Å². The van der Waals surface area contributed by atoms with Gasteiger partial charge < -0.3 is 14.8 Å². The molecule has 1 aromatic carbocycles.